The van der Waals surface area contributed by atoms with Crippen LogP contribution in [0.15, 0.2) is 48.6 Å². The van der Waals surface area contributed by atoms with Gasteiger partial charge in [-0.05, 0) is 70.6 Å². The van der Waals surface area contributed by atoms with Crippen LogP contribution in [0.2, 0.25) is 0 Å². The molecule has 9 nitrogen and oxygen atoms in total. The largest absolute Gasteiger partial charge is 0.472 e. The summed E-state index contributed by atoms with van der Waals surface area (Å²) in [6.07, 6.45) is 47.2. The van der Waals surface area contributed by atoms with Crippen molar-refractivity contribution in [3.8, 4) is 0 Å². The van der Waals surface area contributed by atoms with Crippen molar-refractivity contribution in [3.63, 3.8) is 0 Å². The molecule has 0 rings (SSSR count). The standard InChI is InChI=1S/C45H82NO8P/c1-3-5-7-9-11-13-15-17-19-21-23-25-27-29-31-33-35-37-44(47)51-41-43(42-53-55(49,50)52-40-39-46)54-45(48)38-36-34-32-30-28-26-24-22-20-18-16-14-12-10-8-6-4-2/h17-20,24,26,30,32,43H,3-16,21-23,25,27-29,31,33-42,46H2,1-2H3,(H,49,50). The molecule has 0 spiro atoms. The highest BCUT2D eigenvalue weighted by atomic mass is 31.2. The average molecular weight is 796 g/mol. The van der Waals surface area contributed by atoms with Crippen LogP contribution in [0, 0.1) is 0 Å². The molecule has 0 aromatic carbocycles. The maximum atomic E-state index is 12.6. The predicted molar refractivity (Wildman–Crippen MR) is 229 cm³/mol. The summed E-state index contributed by atoms with van der Waals surface area (Å²) in [4.78, 5) is 34.8. The second kappa shape index (κ2) is 41.6. The molecule has 0 amide bonds. The van der Waals surface area contributed by atoms with Crippen molar-refractivity contribution in [2.45, 2.75) is 200 Å². The molecule has 0 bridgehead atoms. The second-order valence-electron chi connectivity index (χ2n) is 14.6. The lowest BCUT2D eigenvalue weighted by Gasteiger charge is -2.19. The molecule has 10 heteroatoms. The highest BCUT2D eigenvalue weighted by Crippen LogP contribution is 2.43. The average Bonchev–Trinajstić information content (AvgIpc) is 3.17. The van der Waals surface area contributed by atoms with Crippen molar-refractivity contribution in [1.82, 2.24) is 0 Å². The number of unbranched alkanes of at least 4 members (excludes halogenated alkanes) is 20. The summed E-state index contributed by atoms with van der Waals surface area (Å²) in [5.74, 6) is -0.894. The Morgan fingerprint density at radius 3 is 1.47 bits per heavy atom. The molecule has 55 heavy (non-hydrogen) atoms. The van der Waals surface area contributed by atoms with Crippen LogP contribution >= 0.6 is 7.82 Å². The van der Waals surface area contributed by atoms with Gasteiger partial charge < -0.3 is 20.1 Å². The maximum Gasteiger partial charge on any atom is 0.472 e. The smallest absolute Gasteiger partial charge is 0.462 e. The summed E-state index contributed by atoms with van der Waals surface area (Å²) in [6.45, 7) is 3.66. The predicted octanol–water partition coefficient (Wildman–Crippen LogP) is 12.7. The van der Waals surface area contributed by atoms with Crippen LogP contribution in [0.1, 0.15) is 194 Å². The molecule has 0 saturated carbocycles. The van der Waals surface area contributed by atoms with Crippen LogP contribution < -0.4 is 5.73 Å². The number of ether oxygens (including phenoxy) is 2. The molecule has 0 fully saturated rings. The topological polar surface area (TPSA) is 134 Å². The minimum Gasteiger partial charge on any atom is -0.462 e. The lowest BCUT2D eigenvalue weighted by molar-refractivity contribution is -0.161. The van der Waals surface area contributed by atoms with E-state index < -0.39 is 32.5 Å². The summed E-state index contributed by atoms with van der Waals surface area (Å²) in [7, 11) is -4.39. The van der Waals surface area contributed by atoms with Crippen LogP contribution in [0.4, 0.5) is 0 Å². The first-order valence-corrected chi connectivity index (χ1v) is 23.6. The van der Waals surface area contributed by atoms with Crippen LogP contribution in [-0.2, 0) is 32.7 Å². The number of nitrogens with two attached hydrogens (primary N) is 1. The molecule has 0 radical (unpaired) electrons. The van der Waals surface area contributed by atoms with Crippen molar-refractivity contribution in [1.29, 1.82) is 0 Å². The van der Waals surface area contributed by atoms with Crippen molar-refractivity contribution in [3.05, 3.63) is 48.6 Å². The van der Waals surface area contributed by atoms with E-state index in [1.807, 2.05) is 6.08 Å². The minimum atomic E-state index is -4.39. The Morgan fingerprint density at radius 1 is 0.545 bits per heavy atom. The molecule has 0 aromatic heterocycles. The molecular formula is C45H82NO8P. The van der Waals surface area contributed by atoms with E-state index in [1.165, 1.54) is 103 Å². The zero-order valence-electron chi connectivity index (χ0n) is 35.2. The van der Waals surface area contributed by atoms with Gasteiger partial charge in [-0.2, -0.15) is 0 Å². The molecular weight excluding hydrogens is 713 g/mol. The molecule has 320 valence electrons. The third-order valence-electron chi connectivity index (χ3n) is 9.19. The number of esters is 2. The normalized spacial score (nSPS) is 13.7. The molecule has 2 unspecified atom stereocenters. The maximum absolute atomic E-state index is 12.6. The van der Waals surface area contributed by atoms with Gasteiger partial charge in [-0.1, -0.05) is 159 Å². The van der Waals surface area contributed by atoms with Crippen molar-refractivity contribution >= 4 is 19.8 Å². The van der Waals surface area contributed by atoms with Crippen LogP contribution in [0.25, 0.3) is 0 Å². The third kappa shape index (κ3) is 41.4. The van der Waals surface area contributed by atoms with Gasteiger partial charge in [-0.25, -0.2) is 4.57 Å². The Balaban J connectivity index is 4.23. The summed E-state index contributed by atoms with van der Waals surface area (Å²) in [5, 5.41) is 0. The number of carbonyl (C=O) groups excluding carboxylic acids is 2. The van der Waals surface area contributed by atoms with Gasteiger partial charge in [0.1, 0.15) is 6.61 Å². The first-order valence-electron chi connectivity index (χ1n) is 22.1. The number of hydrogen-bond donors (Lipinski definition) is 2. The molecule has 2 atom stereocenters. The number of carbonyl (C=O) groups is 2. The number of phosphoric acid groups is 1. The van der Waals surface area contributed by atoms with E-state index >= 15 is 0 Å². The molecule has 0 heterocycles. The van der Waals surface area contributed by atoms with E-state index in [0.717, 1.165) is 51.4 Å². The number of hydrogen-bond acceptors (Lipinski definition) is 8. The van der Waals surface area contributed by atoms with E-state index in [1.54, 1.807) is 0 Å². The zero-order valence-corrected chi connectivity index (χ0v) is 36.0. The Hall–Kier alpha value is -2.03. The number of phosphoric ester groups is 1. The van der Waals surface area contributed by atoms with Gasteiger partial charge in [0.25, 0.3) is 0 Å². The van der Waals surface area contributed by atoms with Gasteiger partial charge >= 0.3 is 19.8 Å². The zero-order chi connectivity index (χ0) is 40.3. The molecule has 0 aliphatic rings. The summed E-state index contributed by atoms with van der Waals surface area (Å²) in [6, 6.07) is 0. The van der Waals surface area contributed by atoms with Gasteiger partial charge in [0.2, 0.25) is 0 Å². The lowest BCUT2D eigenvalue weighted by Crippen LogP contribution is -2.29. The van der Waals surface area contributed by atoms with E-state index in [2.05, 4.69) is 56.4 Å². The van der Waals surface area contributed by atoms with Crippen LogP contribution in [-0.4, -0.2) is 49.3 Å². The summed E-state index contributed by atoms with van der Waals surface area (Å²) < 4.78 is 32.7. The van der Waals surface area contributed by atoms with Crippen LogP contribution in [0.3, 0.4) is 0 Å². The van der Waals surface area contributed by atoms with Crippen molar-refractivity contribution in [2.24, 2.45) is 5.73 Å². The van der Waals surface area contributed by atoms with E-state index in [0.29, 0.717) is 12.8 Å². The van der Waals surface area contributed by atoms with Crippen LogP contribution in [0.5, 0.6) is 0 Å². The Kier molecular flexibility index (Phi) is 40.1. The second-order valence-corrected chi connectivity index (χ2v) is 16.0. The van der Waals surface area contributed by atoms with E-state index in [4.69, 9.17) is 24.3 Å². The summed E-state index contributed by atoms with van der Waals surface area (Å²) >= 11 is 0. The van der Waals surface area contributed by atoms with E-state index in [-0.39, 0.29) is 32.6 Å². The molecule has 3 N–H and O–H groups in total. The molecule has 0 aromatic rings. The monoisotopic (exact) mass is 796 g/mol. The van der Waals surface area contributed by atoms with Gasteiger partial charge in [0.05, 0.1) is 13.2 Å². The first kappa shape index (κ1) is 53.0. The Labute approximate surface area is 336 Å². The highest BCUT2D eigenvalue weighted by molar-refractivity contribution is 7.47. The fourth-order valence-electron chi connectivity index (χ4n) is 5.88. The fraction of sp³-hybridized carbons (Fsp3) is 0.778. The summed E-state index contributed by atoms with van der Waals surface area (Å²) in [5.41, 5.74) is 5.34. The Morgan fingerprint density at radius 2 is 0.964 bits per heavy atom. The van der Waals surface area contributed by atoms with Gasteiger partial charge in [-0.15, -0.1) is 0 Å². The highest BCUT2D eigenvalue weighted by Gasteiger charge is 2.25. The quantitative estimate of drug-likeness (QED) is 0.0268. The molecule has 0 saturated heterocycles. The first-order chi connectivity index (χ1) is 26.8. The third-order valence-corrected chi connectivity index (χ3v) is 10.2. The number of rotatable bonds is 41. The SMILES string of the molecule is CCCCCCCCC=CCC=CCC=CCCCC(=O)OC(COC(=O)CCCCCCCCCC=CCCCCCCCC)COP(=O)(O)OCCN. The van der Waals surface area contributed by atoms with Crippen molar-refractivity contribution in [2.75, 3.05) is 26.4 Å². The minimum absolute atomic E-state index is 0.0440. The molecule has 0 aliphatic carbocycles. The number of allylic oxidation sites excluding steroid dienone is 8. The lowest BCUT2D eigenvalue weighted by atomic mass is 10.1. The van der Waals surface area contributed by atoms with Gasteiger partial charge in [0.15, 0.2) is 6.10 Å². The molecule has 0 aliphatic heterocycles. The fourth-order valence-corrected chi connectivity index (χ4v) is 6.65. The van der Waals surface area contributed by atoms with Crippen molar-refractivity contribution < 1.29 is 37.6 Å². The van der Waals surface area contributed by atoms with E-state index in [9.17, 15) is 19.0 Å². The Bertz CT molecular complexity index is 1040. The van der Waals surface area contributed by atoms with Gasteiger partial charge in [0, 0.05) is 19.4 Å². The van der Waals surface area contributed by atoms with Gasteiger partial charge in [-0.3, -0.25) is 18.6 Å².